The van der Waals surface area contributed by atoms with Gasteiger partial charge in [-0.3, -0.25) is 4.79 Å². The highest BCUT2D eigenvalue weighted by atomic mass is 19.4. The second kappa shape index (κ2) is 6.28. The van der Waals surface area contributed by atoms with Crippen LogP contribution in [0.2, 0.25) is 0 Å². The third-order valence-corrected chi connectivity index (χ3v) is 2.09. The number of alkyl halides is 3. The normalized spacial score (nSPS) is 11.2. The molecule has 0 radical (unpaired) electrons. The molecule has 0 aromatic heterocycles. The van der Waals surface area contributed by atoms with Crippen LogP contribution < -0.4 is 15.8 Å². The molecule has 1 rings (SSSR count). The number of benzene rings is 1. The van der Waals surface area contributed by atoms with Crippen LogP contribution >= 0.6 is 0 Å². The predicted molar refractivity (Wildman–Crippen MR) is 61.7 cm³/mol. The molecule has 1 aromatic rings. The first-order valence-corrected chi connectivity index (χ1v) is 5.26. The number of methoxy groups -OCH3 is 1. The number of carbonyl (C=O) groups is 1. The average Bonchev–Trinajstić information content (AvgIpc) is 2.30. The van der Waals surface area contributed by atoms with E-state index in [1.807, 2.05) is 0 Å². The number of anilines is 1. The van der Waals surface area contributed by atoms with Crippen molar-refractivity contribution in [3.8, 4) is 5.75 Å². The first-order chi connectivity index (χ1) is 8.83. The van der Waals surface area contributed by atoms with Gasteiger partial charge in [-0.25, -0.2) is 0 Å². The molecule has 0 heterocycles. The molecule has 0 atom stereocenters. The molecule has 0 aliphatic carbocycles. The summed E-state index contributed by atoms with van der Waals surface area (Å²) >= 11 is 0. The number of halogens is 3. The summed E-state index contributed by atoms with van der Waals surface area (Å²) in [7, 11) is 1.48. The zero-order valence-corrected chi connectivity index (χ0v) is 10.1. The molecule has 0 saturated carbocycles. The van der Waals surface area contributed by atoms with Gasteiger partial charge in [0.15, 0.2) is 5.75 Å². The molecular formula is C11H13F3N2O3. The molecule has 0 unspecified atom stereocenters. The molecular weight excluding hydrogens is 265 g/mol. The van der Waals surface area contributed by atoms with Crippen molar-refractivity contribution in [2.45, 2.75) is 6.36 Å². The van der Waals surface area contributed by atoms with Crippen molar-refractivity contribution in [3.63, 3.8) is 0 Å². The Morgan fingerprint density at radius 3 is 2.63 bits per heavy atom. The summed E-state index contributed by atoms with van der Waals surface area (Å²) in [6.07, 6.45) is -4.82. The van der Waals surface area contributed by atoms with E-state index in [4.69, 9.17) is 10.5 Å². The van der Waals surface area contributed by atoms with Crippen LogP contribution in [-0.2, 0) is 4.74 Å². The molecule has 1 aromatic carbocycles. The van der Waals surface area contributed by atoms with Crippen LogP contribution in [0.4, 0.5) is 18.9 Å². The van der Waals surface area contributed by atoms with E-state index in [9.17, 15) is 18.0 Å². The molecule has 106 valence electrons. The van der Waals surface area contributed by atoms with Crippen LogP contribution in [0.25, 0.3) is 0 Å². The number of ether oxygens (including phenoxy) is 2. The van der Waals surface area contributed by atoms with E-state index in [0.29, 0.717) is 6.61 Å². The maximum Gasteiger partial charge on any atom is 0.573 e. The van der Waals surface area contributed by atoms with Gasteiger partial charge in [0.05, 0.1) is 12.3 Å². The Morgan fingerprint density at radius 1 is 1.42 bits per heavy atom. The highest BCUT2D eigenvalue weighted by Gasteiger charge is 2.32. The fourth-order valence-electron chi connectivity index (χ4n) is 1.28. The lowest BCUT2D eigenvalue weighted by atomic mass is 10.2. The van der Waals surface area contributed by atoms with Crippen LogP contribution in [0.1, 0.15) is 10.4 Å². The maximum atomic E-state index is 12.0. The minimum absolute atomic E-state index is 0.142. The molecule has 0 bridgehead atoms. The van der Waals surface area contributed by atoms with Gasteiger partial charge in [0.25, 0.3) is 5.91 Å². The maximum absolute atomic E-state index is 12.0. The van der Waals surface area contributed by atoms with Crippen LogP contribution in [0, 0.1) is 0 Å². The fourth-order valence-corrected chi connectivity index (χ4v) is 1.28. The van der Waals surface area contributed by atoms with E-state index in [2.05, 4.69) is 10.1 Å². The van der Waals surface area contributed by atoms with Gasteiger partial charge < -0.3 is 20.5 Å². The Morgan fingerprint density at radius 2 is 2.11 bits per heavy atom. The number of amides is 1. The van der Waals surface area contributed by atoms with Gasteiger partial charge in [-0.15, -0.1) is 13.2 Å². The lowest BCUT2D eigenvalue weighted by Crippen LogP contribution is -2.27. The second-order valence-electron chi connectivity index (χ2n) is 3.55. The summed E-state index contributed by atoms with van der Waals surface area (Å²) in [6, 6.07) is 3.30. The summed E-state index contributed by atoms with van der Waals surface area (Å²) in [6.45, 7) is 0.618. The van der Waals surface area contributed by atoms with E-state index in [1.165, 1.54) is 13.2 Å². The summed E-state index contributed by atoms with van der Waals surface area (Å²) in [5.41, 5.74) is 5.27. The predicted octanol–water partition coefficient (Wildman–Crippen LogP) is 1.54. The van der Waals surface area contributed by atoms with Gasteiger partial charge in [-0.05, 0) is 18.2 Å². The van der Waals surface area contributed by atoms with Crippen LogP contribution in [0.15, 0.2) is 18.2 Å². The Bertz CT molecular complexity index is 449. The second-order valence-corrected chi connectivity index (χ2v) is 3.55. The lowest BCUT2D eigenvalue weighted by Gasteiger charge is -2.12. The van der Waals surface area contributed by atoms with Crippen molar-refractivity contribution >= 4 is 11.6 Å². The molecule has 0 spiro atoms. The molecule has 8 heteroatoms. The van der Waals surface area contributed by atoms with Gasteiger partial charge in [-0.1, -0.05) is 0 Å². The Kier molecular flexibility index (Phi) is 4.99. The molecule has 3 N–H and O–H groups in total. The standard InChI is InChI=1S/C11H13F3N2O3/c1-18-5-4-16-10(17)7-2-3-9(8(15)6-7)19-11(12,13)14/h2-3,6H,4-5,15H2,1H3,(H,16,17). The van der Waals surface area contributed by atoms with Gasteiger partial charge in [0, 0.05) is 19.2 Å². The molecule has 5 nitrogen and oxygen atoms in total. The number of rotatable bonds is 5. The minimum atomic E-state index is -4.82. The number of nitrogens with two attached hydrogens (primary N) is 1. The largest absolute Gasteiger partial charge is 0.573 e. The molecule has 0 aliphatic rings. The molecule has 0 aliphatic heterocycles. The fraction of sp³-hybridized carbons (Fsp3) is 0.364. The van der Waals surface area contributed by atoms with E-state index in [1.54, 1.807) is 0 Å². The highest BCUT2D eigenvalue weighted by Crippen LogP contribution is 2.28. The van der Waals surface area contributed by atoms with Gasteiger partial charge in [-0.2, -0.15) is 0 Å². The van der Waals surface area contributed by atoms with Crippen molar-refractivity contribution in [2.24, 2.45) is 0 Å². The summed E-state index contributed by atoms with van der Waals surface area (Å²) in [5, 5.41) is 2.51. The minimum Gasteiger partial charge on any atom is -0.404 e. The van der Waals surface area contributed by atoms with Crippen molar-refractivity contribution in [2.75, 3.05) is 26.0 Å². The molecule has 19 heavy (non-hydrogen) atoms. The van der Waals surface area contributed by atoms with Gasteiger partial charge in [0.1, 0.15) is 0 Å². The third-order valence-electron chi connectivity index (χ3n) is 2.09. The summed E-state index contributed by atoms with van der Waals surface area (Å²) in [5.74, 6) is -0.997. The third kappa shape index (κ3) is 5.04. The van der Waals surface area contributed by atoms with Crippen LogP contribution in [0.5, 0.6) is 5.75 Å². The Balaban J connectivity index is 2.73. The Hall–Kier alpha value is -1.96. The number of hydrogen-bond acceptors (Lipinski definition) is 4. The molecule has 1 amide bonds. The van der Waals surface area contributed by atoms with Crippen molar-refractivity contribution in [3.05, 3.63) is 23.8 Å². The molecule has 0 saturated heterocycles. The monoisotopic (exact) mass is 278 g/mol. The van der Waals surface area contributed by atoms with Gasteiger partial charge in [0.2, 0.25) is 0 Å². The van der Waals surface area contributed by atoms with E-state index >= 15 is 0 Å². The van der Waals surface area contributed by atoms with Crippen molar-refractivity contribution in [1.29, 1.82) is 0 Å². The lowest BCUT2D eigenvalue weighted by molar-refractivity contribution is -0.274. The van der Waals surface area contributed by atoms with E-state index in [-0.39, 0.29) is 17.8 Å². The smallest absolute Gasteiger partial charge is 0.404 e. The van der Waals surface area contributed by atoms with Crippen molar-refractivity contribution in [1.82, 2.24) is 5.32 Å². The quantitative estimate of drug-likeness (QED) is 0.633. The van der Waals surface area contributed by atoms with Crippen LogP contribution in [0.3, 0.4) is 0 Å². The highest BCUT2D eigenvalue weighted by molar-refractivity contribution is 5.95. The number of hydrogen-bond donors (Lipinski definition) is 2. The van der Waals surface area contributed by atoms with E-state index < -0.39 is 18.0 Å². The van der Waals surface area contributed by atoms with Crippen LogP contribution in [-0.4, -0.2) is 32.5 Å². The Labute approximate surface area is 107 Å². The zero-order valence-electron chi connectivity index (χ0n) is 10.1. The zero-order chi connectivity index (χ0) is 14.5. The first-order valence-electron chi connectivity index (χ1n) is 5.26. The molecule has 0 fully saturated rings. The number of nitrogens with one attached hydrogen (secondary N) is 1. The average molecular weight is 278 g/mol. The first kappa shape index (κ1) is 15.1. The van der Waals surface area contributed by atoms with Crippen molar-refractivity contribution < 1.29 is 27.4 Å². The van der Waals surface area contributed by atoms with Gasteiger partial charge >= 0.3 is 6.36 Å². The SMILES string of the molecule is COCCNC(=O)c1ccc(OC(F)(F)F)c(N)c1. The number of carbonyl (C=O) groups excluding carboxylic acids is 1. The summed E-state index contributed by atoms with van der Waals surface area (Å²) in [4.78, 5) is 11.6. The summed E-state index contributed by atoms with van der Waals surface area (Å²) < 4.78 is 44.5. The number of nitrogen functional groups attached to an aromatic ring is 1. The van der Waals surface area contributed by atoms with E-state index in [0.717, 1.165) is 12.1 Å². The topological polar surface area (TPSA) is 73.6 Å².